The van der Waals surface area contributed by atoms with Crippen molar-refractivity contribution in [2.45, 2.75) is 23.8 Å². The van der Waals surface area contributed by atoms with Gasteiger partial charge in [0.1, 0.15) is 12.0 Å². The van der Waals surface area contributed by atoms with E-state index in [-0.39, 0.29) is 10.7 Å². The SMILES string of the molecule is Cc1ccc(NC(=S)NC(NC(=O)c2ccc(F)cc2)C(Cl)(Cl)Cl)c(C)c1. The van der Waals surface area contributed by atoms with E-state index in [2.05, 4.69) is 16.0 Å². The van der Waals surface area contributed by atoms with Crippen LogP contribution in [0.2, 0.25) is 0 Å². The van der Waals surface area contributed by atoms with Crippen LogP contribution in [0.1, 0.15) is 21.5 Å². The predicted molar refractivity (Wildman–Crippen MR) is 113 cm³/mol. The molecule has 0 aliphatic carbocycles. The third-order valence-corrected chi connectivity index (χ3v) is 4.49. The maximum Gasteiger partial charge on any atom is 0.252 e. The van der Waals surface area contributed by atoms with Gasteiger partial charge in [-0.15, -0.1) is 0 Å². The zero-order valence-corrected chi connectivity index (χ0v) is 17.5. The Kier molecular flexibility index (Phi) is 7.28. The summed E-state index contributed by atoms with van der Waals surface area (Å²) in [6, 6.07) is 10.8. The van der Waals surface area contributed by atoms with Crippen LogP contribution < -0.4 is 16.0 Å². The fourth-order valence-electron chi connectivity index (χ4n) is 2.26. The highest BCUT2D eigenvalue weighted by molar-refractivity contribution is 7.80. The van der Waals surface area contributed by atoms with Gasteiger partial charge in [0.05, 0.1) is 0 Å². The van der Waals surface area contributed by atoms with Gasteiger partial charge in [0.2, 0.25) is 3.79 Å². The summed E-state index contributed by atoms with van der Waals surface area (Å²) in [5.74, 6) is -1.01. The second-order valence-electron chi connectivity index (χ2n) is 5.87. The van der Waals surface area contributed by atoms with Crippen LogP contribution >= 0.6 is 47.0 Å². The van der Waals surface area contributed by atoms with E-state index in [0.29, 0.717) is 0 Å². The van der Waals surface area contributed by atoms with Crippen molar-refractivity contribution in [3.8, 4) is 0 Å². The van der Waals surface area contributed by atoms with E-state index >= 15 is 0 Å². The van der Waals surface area contributed by atoms with Crippen LogP contribution in [-0.2, 0) is 0 Å². The van der Waals surface area contributed by atoms with E-state index < -0.39 is 21.7 Å². The number of carbonyl (C=O) groups excluding carboxylic acids is 1. The summed E-state index contributed by atoms with van der Waals surface area (Å²) in [4.78, 5) is 12.3. The van der Waals surface area contributed by atoms with Crippen LogP contribution in [0, 0.1) is 19.7 Å². The molecule has 0 fully saturated rings. The van der Waals surface area contributed by atoms with Gasteiger partial charge < -0.3 is 16.0 Å². The predicted octanol–water partition coefficient (Wildman–Crippen LogP) is 4.86. The number of hydrogen-bond acceptors (Lipinski definition) is 2. The molecule has 0 saturated heterocycles. The fraction of sp³-hybridized carbons (Fsp3) is 0.222. The first-order chi connectivity index (χ1) is 12.6. The largest absolute Gasteiger partial charge is 0.339 e. The van der Waals surface area contributed by atoms with Gasteiger partial charge in [-0.1, -0.05) is 52.5 Å². The molecule has 0 saturated carbocycles. The Bertz CT molecular complexity index is 841. The van der Waals surface area contributed by atoms with E-state index in [0.717, 1.165) is 16.8 Å². The Morgan fingerprint density at radius 3 is 2.26 bits per heavy atom. The van der Waals surface area contributed by atoms with Crippen molar-refractivity contribution in [1.29, 1.82) is 0 Å². The van der Waals surface area contributed by atoms with Crippen LogP contribution in [0.15, 0.2) is 42.5 Å². The molecule has 144 valence electrons. The number of benzene rings is 2. The zero-order chi connectivity index (χ0) is 20.2. The lowest BCUT2D eigenvalue weighted by atomic mass is 10.1. The maximum absolute atomic E-state index is 13.0. The molecule has 0 aliphatic rings. The molecule has 0 heterocycles. The molecule has 3 N–H and O–H groups in total. The monoisotopic (exact) mass is 447 g/mol. The Morgan fingerprint density at radius 1 is 1.07 bits per heavy atom. The summed E-state index contributed by atoms with van der Waals surface area (Å²) in [6.07, 6.45) is -1.12. The summed E-state index contributed by atoms with van der Waals surface area (Å²) in [5, 5.41) is 8.48. The molecule has 2 aromatic rings. The molecule has 27 heavy (non-hydrogen) atoms. The number of thiocarbonyl (C=S) groups is 1. The first-order valence-electron chi connectivity index (χ1n) is 7.84. The van der Waals surface area contributed by atoms with Crippen LogP contribution in [0.4, 0.5) is 10.1 Å². The number of hydrogen-bond donors (Lipinski definition) is 3. The number of carbonyl (C=O) groups is 1. The minimum Gasteiger partial charge on any atom is -0.339 e. The van der Waals surface area contributed by atoms with E-state index in [4.69, 9.17) is 47.0 Å². The average molecular weight is 449 g/mol. The van der Waals surface area contributed by atoms with Crippen molar-refractivity contribution < 1.29 is 9.18 Å². The second-order valence-corrected chi connectivity index (χ2v) is 8.65. The third-order valence-electron chi connectivity index (χ3n) is 3.61. The van der Waals surface area contributed by atoms with Gasteiger partial charge in [-0.05, 0) is 62.0 Å². The summed E-state index contributed by atoms with van der Waals surface area (Å²) in [6.45, 7) is 3.91. The van der Waals surface area contributed by atoms with Gasteiger partial charge in [0, 0.05) is 11.3 Å². The van der Waals surface area contributed by atoms with Crippen LogP contribution in [-0.4, -0.2) is 21.0 Å². The molecule has 0 bridgehead atoms. The number of anilines is 1. The zero-order valence-electron chi connectivity index (χ0n) is 14.4. The van der Waals surface area contributed by atoms with Crippen molar-refractivity contribution in [2.24, 2.45) is 0 Å². The Labute approximate surface area is 177 Å². The van der Waals surface area contributed by atoms with Gasteiger partial charge in [-0.3, -0.25) is 4.79 Å². The van der Waals surface area contributed by atoms with Crippen molar-refractivity contribution in [3.05, 3.63) is 65.0 Å². The van der Waals surface area contributed by atoms with Gasteiger partial charge in [-0.25, -0.2) is 4.39 Å². The first-order valence-corrected chi connectivity index (χ1v) is 9.38. The number of amides is 1. The molecule has 9 heteroatoms. The van der Waals surface area contributed by atoms with Crippen LogP contribution in [0.3, 0.4) is 0 Å². The van der Waals surface area contributed by atoms with Gasteiger partial charge in [0.15, 0.2) is 5.11 Å². The molecule has 2 aromatic carbocycles. The molecule has 0 radical (unpaired) electrons. The number of alkyl halides is 3. The number of aryl methyl sites for hydroxylation is 2. The highest BCUT2D eigenvalue weighted by Crippen LogP contribution is 2.29. The van der Waals surface area contributed by atoms with Gasteiger partial charge >= 0.3 is 0 Å². The normalized spacial score (nSPS) is 12.2. The fourth-order valence-corrected chi connectivity index (χ4v) is 2.81. The first kappa shape index (κ1) is 21.7. The summed E-state index contributed by atoms with van der Waals surface area (Å²) in [5.41, 5.74) is 3.10. The quantitative estimate of drug-likeness (QED) is 0.355. The Morgan fingerprint density at radius 2 is 1.70 bits per heavy atom. The molecule has 0 aliphatic heterocycles. The number of rotatable bonds is 4. The molecule has 0 spiro atoms. The Hall–Kier alpha value is -1.60. The highest BCUT2D eigenvalue weighted by atomic mass is 35.6. The molecule has 1 amide bonds. The number of halogens is 4. The summed E-state index contributed by atoms with van der Waals surface area (Å²) >= 11 is 23.1. The lowest BCUT2D eigenvalue weighted by Gasteiger charge is -2.28. The minimum atomic E-state index is -1.89. The molecular formula is C18H17Cl3FN3OS. The Balaban J connectivity index is 2.08. The van der Waals surface area contributed by atoms with Crippen molar-refractivity contribution >= 4 is 63.7 Å². The third kappa shape index (κ3) is 6.50. The number of nitrogens with one attached hydrogen (secondary N) is 3. The summed E-state index contributed by atoms with van der Waals surface area (Å²) < 4.78 is 11.1. The average Bonchev–Trinajstić information content (AvgIpc) is 2.56. The van der Waals surface area contributed by atoms with E-state index in [1.807, 2.05) is 32.0 Å². The maximum atomic E-state index is 13.0. The lowest BCUT2D eigenvalue weighted by molar-refractivity contribution is 0.0934. The molecular weight excluding hydrogens is 432 g/mol. The molecule has 1 atom stereocenters. The van der Waals surface area contributed by atoms with Crippen LogP contribution in [0.25, 0.3) is 0 Å². The van der Waals surface area contributed by atoms with E-state index in [1.165, 1.54) is 24.3 Å². The molecule has 1 unspecified atom stereocenters. The van der Waals surface area contributed by atoms with Crippen LogP contribution in [0.5, 0.6) is 0 Å². The molecule has 2 rings (SSSR count). The van der Waals surface area contributed by atoms with Gasteiger partial charge in [0.25, 0.3) is 5.91 Å². The highest BCUT2D eigenvalue weighted by Gasteiger charge is 2.35. The summed E-state index contributed by atoms with van der Waals surface area (Å²) in [7, 11) is 0. The topological polar surface area (TPSA) is 53.2 Å². The molecule has 0 aromatic heterocycles. The van der Waals surface area contributed by atoms with E-state index in [9.17, 15) is 9.18 Å². The van der Waals surface area contributed by atoms with E-state index in [1.54, 1.807) is 0 Å². The standard InChI is InChI=1S/C18H17Cl3FN3OS/c1-10-3-8-14(11(2)9-10)23-17(27)25-16(18(19,20)21)24-15(26)12-4-6-13(22)7-5-12/h3-9,16H,1-2H3,(H,24,26)(H2,23,25,27). The lowest BCUT2D eigenvalue weighted by Crippen LogP contribution is -2.56. The molecule has 4 nitrogen and oxygen atoms in total. The minimum absolute atomic E-state index is 0.165. The van der Waals surface area contributed by atoms with Gasteiger partial charge in [-0.2, -0.15) is 0 Å². The second kappa shape index (κ2) is 9.06. The van der Waals surface area contributed by atoms with Crippen molar-refractivity contribution in [3.63, 3.8) is 0 Å². The van der Waals surface area contributed by atoms with Crippen molar-refractivity contribution in [2.75, 3.05) is 5.32 Å². The van der Waals surface area contributed by atoms with Crippen molar-refractivity contribution in [1.82, 2.24) is 10.6 Å². The smallest absolute Gasteiger partial charge is 0.252 e.